The second kappa shape index (κ2) is 9.15. The van der Waals surface area contributed by atoms with Gasteiger partial charge < -0.3 is 55.4 Å². The lowest BCUT2D eigenvalue weighted by Crippen LogP contribution is -2.60. The van der Waals surface area contributed by atoms with Gasteiger partial charge in [-0.1, -0.05) is 0 Å². The third kappa shape index (κ3) is 5.01. The highest BCUT2D eigenvalue weighted by Crippen LogP contribution is 2.22. The molecular formula is C12H24O11. The molecule has 23 heavy (non-hydrogen) atoms. The van der Waals surface area contributed by atoms with Crippen LogP contribution in [0.4, 0.5) is 0 Å². The lowest BCUT2D eigenvalue weighted by molar-refractivity contribution is -0.297. The van der Waals surface area contributed by atoms with Crippen LogP contribution in [0.2, 0.25) is 0 Å². The van der Waals surface area contributed by atoms with Gasteiger partial charge in [0.05, 0.1) is 19.8 Å². The molecule has 1 rings (SSSR count). The predicted molar refractivity (Wildman–Crippen MR) is 70.8 cm³/mol. The van der Waals surface area contributed by atoms with Gasteiger partial charge in [0.2, 0.25) is 0 Å². The molecule has 0 aliphatic carbocycles. The van der Waals surface area contributed by atoms with Gasteiger partial charge in [-0.05, 0) is 0 Å². The topological polar surface area (TPSA) is 201 Å². The average Bonchev–Trinajstić information content (AvgIpc) is 2.55. The van der Waals surface area contributed by atoms with Gasteiger partial charge in [-0.2, -0.15) is 0 Å². The molecule has 0 aromatic heterocycles. The van der Waals surface area contributed by atoms with Gasteiger partial charge in [-0.15, -0.1) is 0 Å². The van der Waals surface area contributed by atoms with Crippen LogP contribution in [-0.2, 0) is 9.47 Å². The van der Waals surface area contributed by atoms with E-state index in [0.717, 1.165) is 0 Å². The fourth-order valence-corrected chi connectivity index (χ4v) is 2.14. The number of rotatable bonds is 8. The van der Waals surface area contributed by atoms with Crippen LogP contribution in [-0.4, -0.2) is 121 Å². The number of aliphatic hydroxyl groups is 9. The Morgan fingerprint density at radius 3 is 1.96 bits per heavy atom. The fraction of sp³-hybridized carbons (Fsp3) is 1.00. The first-order chi connectivity index (χ1) is 10.7. The normalized spacial score (nSPS) is 37.2. The molecule has 1 aliphatic heterocycles. The van der Waals surface area contributed by atoms with E-state index in [1.165, 1.54) is 0 Å². The molecule has 0 saturated carbocycles. The van der Waals surface area contributed by atoms with Crippen molar-refractivity contribution in [2.75, 3.05) is 19.8 Å². The quantitative estimate of drug-likeness (QED) is 0.203. The molecule has 138 valence electrons. The van der Waals surface area contributed by atoms with E-state index in [4.69, 9.17) is 19.7 Å². The Kier molecular flexibility index (Phi) is 8.20. The van der Waals surface area contributed by atoms with E-state index >= 15 is 0 Å². The smallest absolute Gasteiger partial charge is 0.184 e. The molecule has 0 radical (unpaired) electrons. The van der Waals surface area contributed by atoms with E-state index < -0.39 is 74.9 Å². The minimum Gasteiger partial charge on any atom is -0.394 e. The highest BCUT2D eigenvalue weighted by Gasteiger charge is 2.45. The number of ether oxygens (including phenoxy) is 2. The summed E-state index contributed by atoms with van der Waals surface area (Å²) in [7, 11) is 0. The molecule has 0 spiro atoms. The van der Waals surface area contributed by atoms with Crippen molar-refractivity contribution in [1.82, 2.24) is 0 Å². The molecule has 1 heterocycles. The molecule has 9 atom stereocenters. The second-order valence-electron chi connectivity index (χ2n) is 5.33. The Hall–Kier alpha value is -0.440. The minimum atomic E-state index is -1.86. The molecule has 11 heteroatoms. The Bertz CT molecular complexity index is 341. The lowest BCUT2D eigenvalue weighted by Gasteiger charge is -2.40. The molecule has 0 amide bonds. The molecule has 0 unspecified atom stereocenters. The van der Waals surface area contributed by atoms with Crippen molar-refractivity contribution < 1.29 is 55.4 Å². The monoisotopic (exact) mass is 344 g/mol. The van der Waals surface area contributed by atoms with Crippen molar-refractivity contribution in [3.63, 3.8) is 0 Å². The Morgan fingerprint density at radius 1 is 0.870 bits per heavy atom. The van der Waals surface area contributed by atoms with Gasteiger partial charge in [0.25, 0.3) is 0 Å². The summed E-state index contributed by atoms with van der Waals surface area (Å²) in [5.41, 5.74) is 0. The summed E-state index contributed by atoms with van der Waals surface area (Å²) in [5, 5.41) is 84.4. The maximum absolute atomic E-state index is 9.80. The summed E-state index contributed by atoms with van der Waals surface area (Å²) >= 11 is 0. The van der Waals surface area contributed by atoms with Crippen molar-refractivity contribution in [2.24, 2.45) is 0 Å². The molecule has 1 aliphatic rings. The molecule has 1 fully saturated rings. The molecule has 9 N–H and O–H groups in total. The van der Waals surface area contributed by atoms with Gasteiger partial charge in [0.15, 0.2) is 6.29 Å². The van der Waals surface area contributed by atoms with Gasteiger partial charge in [-0.3, -0.25) is 0 Å². The molecule has 1 saturated heterocycles. The highest BCUT2D eigenvalue weighted by molar-refractivity contribution is 4.90. The van der Waals surface area contributed by atoms with Crippen LogP contribution in [0.3, 0.4) is 0 Å². The first kappa shape index (κ1) is 20.6. The van der Waals surface area contributed by atoms with Gasteiger partial charge in [0.1, 0.15) is 48.8 Å². The first-order valence-corrected chi connectivity index (χ1v) is 6.99. The molecule has 0 aromatic rings. The first-order valence-electron chi connectivity index (χ1n) is 6.99. The standard InChI is InChI=1S/C12H24O11/c13-1-4(15)7(17)8(18)5(16)3-22-11-6(2-14)23-12(21)10(20)9(11)19/h4-21H,1-3H2/t4-,5+,6-,7-,8+,9-,10+,11+,12-/m1/s1. The van der Waals surface area contributed by atoms with Crippen LogP contribution in [0, 0.1) is 0 Å². The third-order valence-electron chi connectivity index (χ3n) is 3.62. The SMILES string of the molecule is OC[C@@H](O)[C@@H](O)[C@@H](O)[C@@H](O)CO[C@@H]1[C@H](O)[C@H](O)[C@H](O)O[C@@H]1CO. The number of hydrogen-bond donors (Lipinski definition) is 9. The Morgan fingerprint density at radius 2 is 1.43 bits per heavy atom. The maximum atomic E-state index is 9.80. The zero-order valence-corrected chi connectivity index (χ0v) is 12.2. The van der Waals surface area contributed by atoms with E-state index in [0.29, 0.717) is 0 Å². The van der Waals surface area contributed by atoms with E-state index in [2.05, 4.69) is 0 Å². The van der Waals surface area contributed by atoms with E-state index in [1.54, 1.807) is 0 Å². The molecule has 0 bridgehead atoms. The molecular weight excluding hydrogens is 320 g/mol. The van der Waals surface area contributed by atoms with Crippen LogP contribution in [0.15, 0.2) is 0 Å². The molecule has 11 nitrogen and oxygen atoms in total. The Balaban J connectivity index is 2.60. The zero-order valence-electron chi connectivity index (χ0n) is 12.2. The van der Waals surface area contributed by atoms with Crippen molar-refractivity contribution in [3.05, 3.63) is 0 Å². The predicted octanol–water partition coefficient (Wildman–Crippen LogP) is -5.76. The van der Waals surface area contributed by atoms with Crippen molar-refractivity contribution >= 4 is 0 Å². The highest BCUT2D eigenvalue weighted by atomic mass is 16.7. The average molecular weight is 344 g/mol. The summed E-state index contributed by atoms with van der Waals surface area (Å²) in [6.07, 6.45) is -14.7. The minimum absolute atomic E-state index is 0.652. The van der Waals surface area contributed by atoms with Crippen LogP contribution in [0.5, 0.6) is 0 Å². The largest absolute Gasteiger partial charge is 0.394 e. The van der Waals surface area contributed by atoms with Crippen LogP contribution in [0.25, 0.3) is 0 Å². The van der Waals surface area contributed by atoms with Gasteiger partial charge >= 0.3 is 0 Å². The van der Waals surface area contributed by atoms with Crippen molar-refractivity contribution in [1.29, 1.82) is 0 Å². The van der Waals surface area contributed by atoms with Crippen molar-refractivity contribution in [3.8, 4) is 0 Å². The third-order valence-corrected chi connectivity index (χ3v) is 3.62. The van der Waals surface area contributed by atoms with Gasteiger partial charge in [-0.25, -0.2) is 0 Å². The second-order valence-corrected chi connectivity index (χ2v) is 5.33. The van der Waals surface area contributed by atoms with Crippen LogP contribution < -0.4 is 0 Å². The van der Waals surface area contributed by atoms with E-state index in [-0.39, 0.29) is 0 Å². The summed E-state index contributed by atoms with van der Waals surface area (Å²) < 4.78 is 9.92. The maximum Gasteiger partial charge on any atom is 0.184 e. The van der Waals surface area contributed by atoms with Crippen molar-refractivity contribution in [2.45, 2.75) is 55.1 Å². The zero-order chi connectivity index (χ0) is 17.7. The fourth-order valence-electron chi connectivity index (χ4n) is 2.14. The summed E-state index contributed by atoms with van der Waals surface area (Å²) in [6.45, 7) is -2.14. The number of aliphatic hydroxyl groups excluding tert-OH is 9. The van der Waals surface area contributed by atoms with Crippen LogP contribution >= 0.6 is 0 Å². The molecule has 0 aromatic carbocycles. The Labute approximate surface area is 131 Å². The summed E-state index contributed by atoms with van der Waals surface area (Å²) in [6, 6.07) is 0. The van der Waals surface area contributed by atoms with Gasteiger partial charge in [0, 0.05) is 0 Å². The van der Waals surface area contributed by atoms with E-state index in [9.17, 15) is 35.7 Å². The summed E-state index contributed by atoms with van der Waals surface area (Å²) in [4.78, 5) is 0. The summed E-state index contributed by atoms with van der Waals surface area (Å²) in [5.74, 6) is 0. The lowest BCUT2D eigenvalue weighted by atomic mass is 9.98. The number of hydrogen-bond acceptors (Lipinski definition) is 11. The van der Waals surface area contributed by atoms with Crippen LogP contribution in [0.1, 0.15) is 0 Å². The van der Waals surface area contributed by atoms with E-state index in [1.807, 2.05) is 0 Å².